The van der Waals surface area contributed by atoms with Gasteiger partial charge in [0.25, 0.3) is 0 Å². The van der Waals surface area contributed by atoms with Gasteiger partial charge < -0.3 is 21.1 Å². The van der Waals surface area contributed by atoms with Crippen molar-refractivity contribution in [3.8, 4) is 0 Å². The van der Waals surface area contributed by atoms with E-state index in [1.54, 1.807) is 6.20 Å². The van der Waals surface area contributed by atoms with Crippen LogP contribution in [0.5, 0.6) is 0 Å². The maximum atomic E-state index is 11.0. The van der Waals surface area contributed by atoms with E-state index in [-0.39, 0.29) is 5.92 Å². The van der Waals surface area contributed by atoms with Gasteiger partial charge in [-0.05, 0) is 38.3 Å². The van der Waals surface area contributed by atoms with Crippen LogP contribution in [0.2, 0.25) is 0 Å². The Labute approximate surface area is 125 Å². The van der Waals surface area contributed by atoms with Crippen molar-refractivity contribution in [1.29, 1.82) is 0 Å². The van der Waals surface area contributed by atoms with Gasteiger partial charge in [-0.15, -0.1) is 0 Å². The van der Waals surface area contributed by atoms with E-state index in [9.17, 15) is 4.79 Å². The van der Waals surface area contributed by atoms with Crippen LogP contribution in [-0.2, 0) is 4.74 Å². The van der Waals surface area contributed by atoms with Crippen molar-refractivity contribution in [3.05, 3.63) is 18.3 Å². The first-order chi connectivity index (χ1) is 9.79. The van der Waals surface area contributed by atoms with Crippen LogP contribution in [0, 0.1) is 11.8 Å². The van der Waals surface area contributed by atoms with Crippen molar-refractivity contribution < 1.29 is 9.53 Å². The van der Waals surface area contributed by atoms with Crippen LogP contribution in [-0.4, -0.2) is 29.8 Å². The highest BCUT2D eigenvalue weighted by Gasteiger charge is 2.38. The Morgan fingerprint density at radius 2 is 2.24 bits per heavy atom. The van der Waals surface area contributed by atoms with E-state index in [1.807, 2.05) is 26.0 Å². The number of nitrogens with zero attached hydrogens (tertiary/aromatic N) is 2. The Morgan fingerprint density at radius 1 is 1.52 bits per heavy atom. The van der Waals surface area contributed by atoms with Gasteiger partial charge >= 0.3 is 6.09 Å². The molecule has 1 fully saturated rings. The molecule has 0 bridgehead atoms. The molecule has 2 unspecified atom stereocenters. The molecule has 21 heavy (non-hydrogen) atoms. The van der Waals surface area contributed by atoms with E-state index < -0.39 is 11.7 Å². The lowest BCUT2D eigenvalue weighted by Gasteiger charge is -2.34. The maximum absolute atomic E-state index is 11.0. The third kappa shape index (κ3) is 3.56. The normalized spacial score (nSPS) is 20.3. The molecule has 1 saturated heterocycles. The molecule has 0 aromatic carbocycles. The minimum Gasteiger partial charge on any atom is -0.443 e. The molecule has 0 radical (unpaired) electrons. The fourth-order valence-electron chi connectivity index (χ4n) is 2.91. The smallest absolute Gasteiger partial charge is 0.405 e. The number of nitrogen functional groups attached to an aromatic ring is 1. The van der Waals surface area contributed by atoms with Gasteiger partial charge in [0.05, 0.1) is 11.9 Å². The van der Waals surface area contributed by atoms with Crippen molar-refractivity contribution in [1.82, 2.24) is 4.98 Å². The molecule has 6 nitrogen and oxygen atoms in total. The third-order valence-corrected chi connectivity index (χ3v) is 4.49. The third-order valence-electron chi connectivity index (χ3n) is 4.49. The lowest BCUT2D eigenvalue weighted by Crippen LogP contribution is -2.41. The minimum atomic E-state index is -0.720. The van der Waals surface area contributed by atoms with E-state index in [4.69, 9.17) is 16.2 Å². The van der Waals surface area contributed by atoms with E-state index in [0.29, 0.717) is 11.6 Å². The summed E-state index contributed by atoms with van der Waals surface area (Å²) >= 11 is 0. The van der Waals surface area contributed by atoms with Gasteiger partial charge in [0.1, 0.15) is 11.4 Å². The summed E-state index contributed by atoms with van der Waals surface area (Å²) in [5.41, 5.74) is 10.9. The number of ether oxygens (including phenoxy) is 1. The number of amides is 1. The first-order valence-electron chi connectivity index (χ1n) is 7.24. The van der Waals surface area contributed by atoms with Gasteiger partial charge in [0, 0.05) is 19.0 Å². The molecular formula is C15H24N4O2. The summed E-state index contributed by atoms with van der Waals surface area (Å²) in [6.07, 6.45) is 1.99. The van der Waals surface area contributed by atoms with Crippen molar-refractivity contribution in [2.75, 3.05) is 23.7 Å². The van der Waals surface area contributed by atoms with Crippen LogP contribution in [0.1, 0.15) is 27.2 Å². The zero-order valence-electron chi connectivity index (χ0n) is 12.9. The zero-order chi connectivity index (χ0) is 15.6. The molecule has 1 aromatic heterocycles. The lowest BCUT2D eigenvalue weighted by molar-refractivity contribution is -0.0128. The van der Waals surface area contributed by atoms with Crippen molar-refractivity contribution >= 4 is 17.6 Å². The number of pyridine rings is 1. The van der Waals surface area contributed by atoms with Crippen molar-refractivity contribution in [2.24, 2.45) is 17.6 Å². The summed E-state index contributed by atoms with van der Waals surface area (Å²) in [7, 11) is 0. The molecule has 6 heteroatoms. The highest BCUT2D eigenvalue weighted by atomic mass is 16.6. The Bertz CT molecular complexity index is 501. The van der Waals surface area contributed by atoms with E-state index >= 15 is 0 Å². The lowest BCUT2D eigenvalue weighted by atomic mass is 9.81. The quantitative estimate of drug-likeness (QED) is 0.885. The molecule has 0 saturated carbocycles. The highest BCUT2D eigenvalue weighted by Crippen LogP contribution is 2.35. The van der Waals surface area contributed by atoms with E-state index in [1.165, 1.54) is 0 Å². The van der Waals surface area contributed by atoms with Crippen LogP contribution >= 0.6 is 0 Å². The predicted octanol–water partition coefficient (Wildman–Crippen LogP) is 2.00. The zero-order valence-corrected chi connectivity index (χ0v) is 12.9. The first-order valence-corrected chi connectivity index (χ1v) is 7.24. The molecule has 4 N–H and O–H groups in total. The first kappa shape index (κ1) is 15.4. The number of hydrogen-bond donors (Lipinski definition) is 2. The number of aromatic nitrogens is 1. The molecule has 1 aromatic rings. The van der Waals surface area contributed by atoms with E-state index in [2.05, 4.69) is 16.8 Å². The van der Waals surface area contributed by atoms with Gasteiger partial charge in [-0.3, -0.25) is 0 Å². The van der Waals surface area contributed by atoms with Crippen LogP contribution < -0.4 is 16.4 Å². The second-order valence-electron chi connectivity index (χ2n) is 6.26. The van der Waals surface area contributed by atoms with Gasteiger partial charge in [-0.2, -0.15) is 0 Å². The SMILES string of the molecule is CC(C1CCN(c2ccc(N)cn2)C1)C(C)(C)OC(N)=O. The maximum Gasteiger partial charge on any atom is 0.405 e. The fraction of sp³-hybridized carbons (Fsp3) is 0.600. The molecular weight excluding hydrogens is 268 g/mol. The van der Waals surface area contributed by atoms with Gasteiger partial charge in [0.2, 0.25) is 0 Å². The average Bonchev–Trinajstić information content (AvgIpc) is 2.86. The average molecular weight is 292 g/mol. The van der Waals surface area contributed by atoms with Gasteiger partial charge in [-0.25, -0.2) is 9.78 Å². The monoisotopic (exact) mass is 292 g/mol. The summed E-state index contributed by atoms with van der Waals surface area (Å²) in [4.78, 5) is 17.6. The standard InChI is InChI=1S/C15H24N4O2/c1-10(15(2,3)21-14(17)20)11-6-7-19(9-11)13-5-4-12(16)8-18-13/h4-5,8,10-11H,6-7,9,16H2,1-3H3,(H2,17,20). The summed E-state index contributed by atoms with van der Waals surface area (Å²) in [5.74, 6) is 1.58. The number of primary amides is 1. The minimum absolute atomic E-state index is 0.212. The molecule has 0 aliphatic carbocycles. The fourth-order valence-corrected chi connectivity index (χ4v) is 2.91. The van der Waals surface area contributed by atoms with Crippen molar-refractivity contribution in [3.63, 3.8) is 0 Å². The molecule has 2 atom stereocenters. The molecule has 2 rings (SSSR count). The van der Waals surface area contributed by atoms with Crippen LogP contribution in [0.25, 0.3) is 0 Å². The summed E-state index contributed by atoms with van der Waals surface area (Å²) in [6.45, 7) is 7.76. The number of carbonyl (C=O) groups is 1. The Kier molecular flexibility index (Phi) is 4.25. The van der Waals surface area contributed by atoms with Gasteiger partial charge in [0.15, 0.2) is 0 Å². The van der Waals surface area contributed by atoms with Crippen molar-refractivity contribution in [2.45, 2.75) is 32.8 Å². The van der Waals surface area contributed by atoms with Crippen LogP contribution in [0.15, 0.2) is 18.3 Å². The topological polar surface area (TPSA) is 94.5 Å². The number of nitrogens with two attached hydrogens (primary N) is 2. The number of carbonyl (C=O) groups excluding carboxylic acids is 1. The molecule has 1 aliphatic rings. The Balaban J connectivity index is 2.01. The van der Waals surface area contributed by atoms with Crippen LogP contribution in [0.4, 0.5) is 16.3 Å². The van der Waals surface area contributed by atoms with Gasteiger partial charge in [-0.1, -0.05) is 6.92 Å². The number of rotatable bonds is 4. The molecule has 116 valence electrons. The second-order valence-corrected chi connectivity index (χ2v) is 6.26. The number of hydrogen-bond acceptors (Lipinski definition) is 5. The van der Waals surface area contributed by atoms with Crippen LogP contribution in [0.3, 0.4) is 0 Å². The molecule has 1 aliphatic heterocycles. The molecule has 2 heterocycles. The largest absolute Gasteiger partial charge is 0.443 e. The summed E-state index contributed by atoms with van der Waals surface area (Å²) in [6, 6.07) is 3.80. The second kappa shape index (κ2) is 5.79. The Morgan fingerprint density at radius 3 is 2.81 bits per heavy atom. The molecule has 0 spiro atoms. The summed E-state index contributed by atoms with van der Waals surface area (Å²) < 4.78 is 5.26. The summed E-state index contributed by atoms with van der Waals surface area (Å²) in [5, 5.41) is 0. The molecule has 1 amide bonds. The number of anilines is 2. The Hall–Kier alpha value is -1.98. The van der Waals surface area contributed by atoms with E-state index in [0.717, 1.165) is 25.3 Å². The predicted molar refractivity (Wildman–Crippen MR) is 82.9 cm³/mol. The highest BCUT2D eigenvalue weighted by molar-refractivity contribution is 5.65.